The molecule has 2 aromatic carbocycles. The summed E-state index contributed by atoms with van der Waals surface area (Å²) in [4.78, 5) is 24.0. The molecule has 0 fully saturated rings. The Morgan fingerprint density at radius 3 is 2.28 bits per heavy atom. The van der Waals surface area contributed by atoms with Crippen LogP contribution in [0.4, 0.5) is 8.78 Å². The summed E-state index contributed by atoms with van der Waals surface area (Å²) >= 11 is 5.81. The van der Waals surface area contributed by atoms with Crippen LogP contribution in [0.3, 0.4) is 0 Å². The van der Waals surface area contributed by atoms with Gasteiger partial charge in [-0.25, -0.2) is 13.6 Å². The van der Waals surface area contributed by atoms with E-state index in [2.05, 4.69) is 10.1 Å². The molecule has 1 atom stereocenters. The van der Waals surface area contributed by atoms with Gasteiger partial charge in [-0.3, -0.25) is 4.79 Å². The fraction of sp³-hybridized carbons (Fsp3) is 0.222. The van der Waals surface area contributed by atoms with Gasteiger partial charge >= 0.3 is 5.97 Å². The number of halogens is 3. The van der Waals surface area contributed by atoms with Gasteiger partial charge in [0.25, 0.3) is 0 Å². The molecule has 2 rings (SSSR count). The number of hydrogen-bond donors (Lipinski definition) is 1. The molecule has 0 aliphatic heterocycles. The Bertz CT molecular complexity index is 745. The molecule has 0 bridgehead atoms. The monoisotopic (exact) mass is 367 g/mol. The van der Waals surface area contributed by atoms with E-state index in [4.69, 9.17) is 11.6 Å². The van der Waals surface area contributed by atoms with E-state index < -0.39 is 36.0 Å². The van der Waals surface area contributed by atoms with E-state index in [1.165, 1.54) is 13.2 Å². The van der Waals surface area contributed by atoms with Crippen LogP contribution < -0.4 is 5.32 Å². The Morgan fingerprint density at radius 1 is 1.12 bits per heavy atom. The molecular formula is C18H16ClF2NO3. The Kier molecular flexibility index (Phi) is 6.47. The minimum atomic E-state index is -0.978. The maximum absolute atomic E-state index is 13.6. The van der Waals surface area contributed by atoms with Crippen LogP contribution in [0.2, 0.25) is 5.02 Å². The molecule has 0 heterocycles. The zero-order valence-corrected chi connectivity index (χ0v) is 14.1. The number of esters is 1. The minimum absolute atomic E-state index is 0.162. The summed E-state index contributed by atoms with van der Waals surface area (Å²) < 4.78 is 31.9. The van der Waals surface area contributed by atoms with Crippen molar-refractivity contribution in [1.29, 1.82) is 0 Å². The molecule has 0 aromatic heterocycles. The van der Waals surface area contributed by atoms with Gasteiger partial charge in [0.05, 0.1) is 13.5 Å². The van der Waals surface area contributed by atoms with E-state index >= 15 is 0 Å². The van der Waals surface area contributed by atoms with Gasteiger partial charge in [-0.15, -0.1) is 0 Å². The molecule has 1 N–H and O–H groups in total. The largest absolute Gasteiger partial charge is 0.467 e. The summed E-state index contributed by atoms with van der Waals surface area (Å²) in [5, 5.41) is 2.99. The van der Waals surface area contributed by atoms with Gasteiger partial charge in [0.2, 0.25) is 5.91 Å². The highest BCUT2D eigenvalue weighted by Gasteiger charge is 2.23. The summed E-state index contributed by atoms with van der Waals surface area (Å²) in [5.41, 5.74) is 0.396. The third-order valence-corrected chi connectivity index (χ3v) is 3.83. The van der Waals surface area contributed by atoms with E-state index in [0.29, 0.717) is 5.02 Å². The summed E-state index contributed by atoms with van der Waals surface area (Å²) in [6.45, 7) is 0. The molecule has 0 saturated carbocycles. The topological polar surface area (TPSA) is 55.4 Å². The van der Waals surface area contributed by atoms with Crippen molar-refractivity contribution in [3.8, 4) is 0 Å². The van der Waals surface area contributed by atoms with Crippen molar-refractivity contribution in [2.75, 3.05) is 7.11 Å². The standard InChI is InChI=1S/C18H16ClF2NO3/c1-25-18(24)16(9-11-5-7-12(19)8-6-11)22-17(23)10-13-14(20)3-2-4-15(13)21/h2-8,16H,9-10H2,1H3,(H,22,23)/t16-/m1/s1. The number of benzene rings is 2. The first kappa shape index (κ1) is 18.9. The van der Waals surface area contributed by atoms with Crippen LogP contribution in [0.15, 0.2) is 42.5 Å². The molecule has 2 aromatic rings. The van der Waals surface area contributed by atoms with Crippen LogP contribution >= 0.6 is 11.6 Å². The van der Waals surface area contributed by atoms with Crippen LogP contribution in [-0.4, -0.2) is 25.0 Å². The first-order valence-corrected chi connectivity index (χ1v) is 7.83. The summed E-state index contributed by atoms with van der Waals surface area (Å²) in [6, 6.07) is 9.09. The number of rotatable bonds is 6. The van der Waals surface area contributed by atoms with Gasteiger partial charge in [-0.05, 0) is 29.8 Å². The van der Waals surface area contributed by atoms with Crippen LogP contribution in [0.25, 0.3) is 0 Å². The fourth-order valence-electron chi connectivity index (χ4n) is 2.30. The second-order valence-electron chi connectivity index (χ2n) is 5.35. The lowest BCUT2D eigenvalue weighted by Crippen LogP contribution is -2.43. The Morgan fingerprint density at radius 2 is 1.72 bits per heavy atom. The molecule has 1 amide bonds. The Labute approximate surface area is 148 Å². The van der Waals surface area contributed by atoms with Gasteiger partial charge < -0.3 is 10.1 Å². The zero-order valence-electron chi connectivity index (χ0n) is 13.4. The molecule has 0 aliphatic carbocycles. The number of ether oxygens (including phenoxy) is 1. The van der Waals surface area contributed by atoms with Crippen LogP contribution in [0, 0.1) is 11.6 Å². The smallest absolute Gasteiger partial charge is 0.328 e. The molecule has 0 saturated heterocycles. The molecule has 7 heteroatoms. The molecule has 4 nitrogen and oxygen atoms in total. The van der Waals surface area contributed by atoms with E-state index in [9.17, 15) is 18.4 Å². The minimum Gasteiger partial charge on any atom is -0.467 e. The second-order valence-corrected chi connectivity index (χ2v) is 5.79. The van der Waals surface area contributed by atoms with Crippen LogP contribution in [0.1, 0.15) is 11.1 Å². The van der Waals surface area contributed by atoms with Gasteiger partial charge in [-0.1, -0.05) is 29.8 Å². The van der Waals surface area contributed by atoms with Crippen molar-refractivity contribution >= 4 is 23.5 Å². The lowest BCUT2D eigenvalue weighted by molar-refractivity contribution is -0.145. The van der Waals surface area contributed by atoms with E-state index in [1.54, 1.807) is 24.3 Å². The van der Waals surface area contributed by atoms with E-state index in [1.807, 2.05) is 0 Å². The number of methoxy groups -OCH3 is 1. The van der Waals surface area contributed by atoms with Crippen LogP contribution in [0.5, 0.6) is 0 Å². The highest BCUT2D eigenvalue weighted by atomic mass is 35.5. The lowest BCUT2D eigenvalue weighted by Gasteiger charge is -2.17. The zero-order chi connectivity index (χ0) is 18.4. The average Bonchev–Trinajstić information content (AvgIpc) is 2.59. The number of nitrogens with one attached hydrogen (secondary N) is 1. The van der Waals surface area contributed by atoms with Gasteiger partial charge in [0.15, 0.2) is 0 Å². The van der Waals surface area contributed by atoms with Crippen molar-refractivity contribution in [2.24, 2.45) is 0 Å². The molecule has 0 unspecified atom stereocenters. The van der Waals surface area contributed by atoms with Crippen molar-refractivity contribution in [2.45, 2.75) is 18.9 Å². The fourth-order valence-corrected chi connectivity index (χ4v) is 2.42. The Balaban J connectivity index is 2.09. The van der Waals surface area contributed by atoms with Crippen molar-refractivity contribution in [3.63, 3.8) is 0 Å². The average molecular weight is 368 g/mol. The summed E-state index contributed by atoms with van der Waals surface area (Å²) in [7, 11) is 1.19. The molecule has 0 spiro atoms. The quantitative estimate of drug-likeness (QED) is 0.798. The number of hydrogen-bond acceptors (Lipinski definition) is 3. The molecular weight excluding hydrogens is 352 g/mol. The van der Waals surface area contributed by atoms with Crippen molar-refractivity contribution in [3.05, 3.63) is 70.2 Å². The summed E-state index contributed by atoms with van der Waals surface area (Å²) in [6.07, 6.45) is -0.359. The second kappa shape index (κ2) is 8.58. The maximum atomic E-state index is 13.6. The van der Waals surface area contributed by atoms with Crippen molar-refractivity contribution in [1.82, 2.24) is 5.32 Å². The molecule has 0 aliphatic rings. The number of carbonyl (C=O) groups excluding carboxylic acids is 2. The van der Waals surface area contributed by atoms with Gasteiger partial charge in [-0.2, -0.15) is 0 Å². The van der Waals surface area contributed by atoms with Gasteiger partial charge in [0, 0.05) is 17.0 Å². The Hall–Kier alpha value is -2.47. The predicted molar refractivity (Wildman–Crippen MR) is 89.2 cm³/mol. The molecule has 132 valence electrons. The predicted octanol–water partition coefficient (Wildman–Crippen LogP) is 3.06. The highest BCUT2D eigenvalue weighted by molar-refractivity contribution is 6.30. The van der Waals surface area contributed by atoms with E-state index in [-0.39, 0.29) is 12.0 Å². The number of amides is 1. The first-order valence-electron chi connectivity index (χ1n) is 7.45. The third kappa shape index (κ3) is 5.26. The molecule has 25 heavy (non-hydrogen) atoms. The maximum Gasteiger partial charge on any atom is 0.328 e. The van der Waals surface area contributed by atoms with Crippen LogP contribution in [-0.2, 0) is 27.2 Å². The number of carbonyl (C=O) groups is 2. The summed E-state index contributed by atoms with van der Waals surface area (Å²) in [5.74, 6) is -2.98. The van der Waals surface area contributed by atoms with Crippen molar-refractivity contribution < 1.29 is 23.1 Å². The normalized spacial score (nSPS) is 11.7. The van der Waals surface area contributed by atoms with Gasteiger partial charge in [0.1, 0.15) is 17.7 Å². The lowest BCUT2D eigenvalue weighted by atomic mass is 10.0. The van der Waals surface area contributed by atoms with E-state index in [0.717, 1.165) is 17.7 Å². The highest BCUT2D eigenvalue weighted by Crippen LogP contribution is 2.14. The molecule has 0 radical (unpaired) electrons. The SMILES string of the molecule is COC(=O)[C@@H](Cc1ccc(Cl)cc1)NC(=O)Cc1c(F)cccc1F. The first-order chi connectivity index (χ1) is 11.9. The third-order valence-electron chi connectivity index (χ3n) is 3.57.